The van der Waals surface area contributed by atoms with Gasteiger partial charge in [0.15, 0.2) is 0 Å². The summed E-state index contributed by atoms with van der Waals surface area (Å²) < 4.78 is 0. The first-order chi connectivity index (χ1) is 17.4. The molecule has 2 aromatic carbocycles. The molecule has 37 heavy (non-hydrogen) atoms. The normalized spacial score (nSPS) is 28.8. The van der Waals surface area contributed by atoms with Gasteiger partial charge in [-0.1, -0.05) is 101 Å². The Kier molecular flexibility index (Phi) is 7.10. The average molecular weight is 495 g/mol. The molecule has 4 rings (SSSR count). The van der Waals surface area contributed by atoms with E-state index in [-0.39, 0.29) is 28.1 Å². The molecule has 0 bridgehead atoms. The monoisotopic (exact) mass is 494 g/mol. The van der Waals surface area contributed by atoms with Crippen molar-refractivity contribution in [1.29, 1.82) is 0 Å². The lowest BCUT2D eigenvalue weighted by Crippen LogP contribution is -2.59. The van der Waals surface area contributed by atoms with Gasteiger partial charge < -0.3 is 11.5 Å². The minimum atomic E-state index is -0.173. The van der Waals surface area contributed by atoms with Gasteiger partial charge in [0.25, 0.3) is 0 Å². The molecule has 0 aromatic heterocycles. The highest BCUT2D eigenvalue weighted by Crippen LogP contribution is 2.67. The average Bonchev–Trinajstić information content (AvgIpc) is 2.89. The van der Waals surface area contributed by atoms with Crippen molar-refractivity contribution in [2.45, 2.75) is 68.2 Å². The molecule has 0 saturated carbocycles. The first kappa shape index (κ1) is 27.0. The standard InChI is InChI=1S/C35H46N2/c1-23-19-33(7,27(5)25(3)31(23)36)35(21-29-15-11-9-12-16-29,22-30-17-13-10-14-18-30)34(8)20-24(2)32(37)26(4)28(34)6/h9-20,27-28H,21-22,36-37H2,1-8H3. The molecule has 4 atom stereocenters. The van der Waals surface area contributed by atoms with Crippen molar-refractivity contribution in [1.82, 2.24) is 0 Å². The number of hydrogen-bond acceptors (Lipinski definition) is 2. The van der Waals surface area contributed by atoms with Crippen LogP contribution in [0.15, 0.2) is 107 Å². The molecular formula is C35H46N2. The van der Waals surface area contributed by atoms with E-state index in [0.717, 1.165) is 24.2 Å². The lowest BCUT2D eigenvalue weighted by molar-refractivity contribution is -0.0639. The van der Waals surface area contributed by atoms with Gasteiger partial charge in [0, 0.05) is 11.4 Å². The molecule has 0 spiro atoms. The predicted octanol–water partition coefficient (Wildman–Crippen LogP) is 8.13. The van der Waals surface area contributed by atoms with Gasteiger partial charge in [-0.05, 0) is 102 Å². The highest BCUT2D eigenvalue weighted by molar-refractivity contribution is 5.46. The zero-order valence-corrected chi connectivity index (χ0v) is 24.2. The first-order valence-corrected chi connectivity index (χ1v) is 13.8. The van der Waals surface area contributed by atoms with Crippen LogP contribution in [0.3, 0.4) is 0 Å². The fraction of sp³-hybridized carbons (Fsp3) is 0.429. The minimum Gasteiger partial charge on any atom is -0.399 e. The summed E-state index contributed by atoms with van der Waals surface area (Å²) in [6.45, 7) is 18.6. The van der Waals surface area contributed by atoms with Crippen LogP contribution in [0.5, 0.6) is 0 Å². The molecule has 2 aliphatic rings. The van der Waals surface area contributed by atoms with Crippen molar-refractivity contribution in [3.05, 3.63) is 118 Å². The van der Waals surface area contributed by atoms with E-state index < -0.39 is 0 Å². The van der Waals surface area contributed by atoms with E-state index in [1.165, 1.54) is 33.4 Å². The summed E-state index contributed by atoms with van der Waals surface area (Å²) in [4.78, 5) is 0. The molecule has 2 heteroatoms. The summed E-state index contributed by atoms with van der Waals surface area (Å²) in [6.07, 6.45) is 6.95. The summed E-state index contributed by atoms with van der Waals surface area (Å²) in [7, 11) is 0. The van der Waals surface area contributed by atoms with Gasteiger partial charge in [-0.3, -0.25) is 0 Å². The van der Waals surface area contributed by atoms with Crippen LogP contribution in [0, 0.1) is 28.1 Å². The third kappa shape index (κ3) is 4.19. The molecule has 4 unspecified atom stereocenters. The van der Waals surface area contributed by atoms with Gasteiger partial charge in [-0.25, -0.2) is 0 Å². The molecule has 0 heterocycles. The Morgan fingerprint density at radius 3 is 1.27 bits per heavy atom. The fourth-order valence-electron chi connectivity index (χ4n) is 7.69. The molecular weight excluding hydrogens is 448 g/mol. The Morgan fingerprint density at radius 2 is 0.946 bits per heavy atom. The SMILES string of the molecule is CC1=CC(C)(C(Cc2ccccc2)(Cc2ccccc2)C2(C)C=C(C)C(N)=C(C)C2C)C(C)C(C)=C1N. The number of allylic oxidation sites excluding steroid dienone is 6. The lowest BCUT2D eigenvalue weighted by atomic mass is 9.40. The molecule has 0 saturated heterocycles. The van der Waals surface area contributed by atoms with Crippen molar-refractivity contribution in [3.63, 3.8) is 0 Å². The molecule has 0 aliphatic heterocycles. The second-order valence-corrected chi connectivity index (χ2v) is 12.3. The number of hydrogen-bond donors (Lipinski definition) is 2. The predicted molar refractivity (Wildman–Crippen MR) is 159 cm³/mol. The van der Waals surface area contributed by atoms with Crippen LogP contribution >= 0.6 is 0 Å². The maximum Gasteiger partial charge on any atom is 0.0332 e. The summed E-state index contributed by atoms with van der Waals surface area (Å²) in [5, 5.41) is 0. The van der Waals surface area contributed by atoms with Crippen molar-refractivity contribution >= 4 is 0 Å². The molecule has 196 valence electrons. The summed E-state index contributed by atoms with van der Waals surface area (Å²) in [6, 6.07) is 22.1. The third-order valence-corrected chi connectivity index (χ3v) is 10.6. The van der Waals surface area contributed by atoms with Gasteiger partial charge in [-0.2, -0.15) is 0 Å². The molecule has 2 nitrogen and oxygen atoms in total. The lowest BCUT2D eigenvalue weighted by Gasteiger charge is -2.63. The van der Waals surface area contributed by atoms with E-state index in [9.17, 15) is 0 Å². The van der Waals surface area contributed by atoms with E-state index in [2.05, 4.69) is 128 Å². The van der Waals surface area contributed by atoms with Crippen LogP contribution in [0.2, 0.25) is 0 Å². The second-order valence-electron chi connectivity index (χ2n) is 12.3. The molecule has 2 aromatic rings. The van der Waals surface area contributed by atoms with Crippen molar-refractivity contribution < 1.29 is 0 Å². The molecule has 0 amide bonds. The summed E-state index contributed by atoms with van der Waals surface area (Å²) in [5.41, 5.74) is 22.5. The number of nitrogens with two attached hydrogens (primary N) is 2. The molecule has 0 fully saturated rings. The summed E-state index contributed by atoms with van der Waals surface area (Å²) >= 11 is 0. The van der Waals surface area contributed by atoms with Crippen molar-refractivity contribution in [2.24, 2.45) is 39.5 Å². The maximum atomic E-state index is 6.66. The fourth-order valence-corrected chi connectivity index (χ4v) is 7.69. The van der Waals surface area contributed by atoms with E-state index in [1.807, 2.05) is 0 Å². The number of rotatable bonds is 6. The Bertz CT molecular complexity index is 1180. The van der Waals surface area contributed by atoms with Crippen LogP contribution in [0.25, 0.3) is 0 Å². The van der Waals surface area contributed by atoms with Crippen LogP contribution in [0.1, 0.15) is 66.5 Å². The molecule has 4 N–H and O–H groups in total. The van der Waals surface area contributed by atoms with Crippen LogP contribution in [-0.4, -0.2) is 0 Å². The highest BCUT2D eigenvalue weighted by Gasteiger charge is 2.62. The van der Waals surface area contributed by atoms with Crippen molar-refractivity contribution in [2.75, 3.05) is 0 Å². The quantitative estimate of drug-likeness (QED) is 0.426. The topological polar surface area (TPSA) is 52.0 Å². The number of benzene rings is 2. The highest BCUT2D eigenvalue weighted by atomic mass is 14.7. The van der Waals surface area contributed by atoms with E-state index in [4.69, 9.17) is 11.5 Å². The van der Waals surface area contributed by atoms with E-state index >= 15 is 0 Å². The van der Waals surface area contributed by atoms with Crippen molar-refractivity contribution in [3.8, 4) is 0 Å². The maximum absolute atomic E-state index is 6.66. The summed E-state index contributed by atoms with van der Waals surface area (Å²) in [5.74, 6) is 0.565. The van der Waals surface area contributed by atoms with Crippen LogP contribution in [-0.2, 0) is 12.8 Å². The third-order valence-electron chi connectivity index (χ3n) is 10.6. The first-order valence-electron chi connectivity index (χ1n) is 13.8. The smallest absolute Gasteiger partial charge is 0.0332 e. The Labute approximate surface area is 225 Å². The second kappa shape index (κ2) is 9.71. The Balaban J connectivity index is 2.10. The largest absolute Gasteiger partial charge is 0.399 e. The van der Waals surface area contributed by atoms with Crippen LogP contribution in [0.4, 0.5) is 0 Å². The van der Waals surface area contributed by atoms with Gasteiger partial charge >= 0.3 is 0 Å². The van der Waals surface area contributed by atoms with Gasteiger partial charge in [0.05, 0.1) is 0 Å². The molecule has 0 radical (unpaired) electrons. The zero-order chi connectivity index (χ0) is 27.2. The molecule has 2 aliphatic carbocycles. The zero-order valence-electron chi connectivity index (χ0n) is 24.2. The minimum absolute atomic E-state index is 0.165. The van der Waals surface area contributed by atoms with E-state index in [0.29, 0.717) is 0 Å². The van der Waals surface area contributed by atoms with Gasteiger partial charge in [0.2, 0.25) is 0 Å². The van der Waals surface area contributed by atoms with E-state index in [1.54, 1.807) is 0 Å². The Hall–Kier alpha value is -3.00. The van der Waals surface area contributed by atoms with Gasteiger partial charge in [-0.15, -0.1) is 0 Å². The van der Waals surface area contributed by atoms with Crippen LogP contribution < -0.4 is 11.5 Å². The van der Waals surface area contributed by atoms with Gasteiger partial charge in [0.1, 0.15) is 0 Å². The Morgan fingerprint density at radius 1 is 0.622 bits per heavy atom.